The molecule has 106 valence electrons. The van der Waals surface area contributed by atoms with Crippen LogP contribution in [0.25, 0.3) is 0 Å². The summed E-state index contributed by atoms with van der Waals surface area (Å²) in [6.07, 6.45) is 0.192. The molecule has 0 bridgehead atoms. The predicted octanol–water partition coefficient (Wildman–Crippen LogP) is 4.14. The van der Waals surface area contributed by atoms with Crippen LogP contribution in [0, 0.1) is 0 Å². The van der Waals surface area contributed by atoms with Gasteiger partial charge in [0.1, 0.15) is 5.75 Å². The monoisotopic (exact) mass is 287 g/mol. The predicted molar refractivity (Wildman–Crippen MR) is 87.9 cm³/mol. The molecule has 0 aliphatic rings. The molecule has 0 saturated carbocycles. The maximum Gasteiger partial charge on any atom is 0.124 e. The Morgan fingerprint density at radius 1 is 1.00 bits per heavy atom. The smallest absolute Gasteiger partial charge is 0.124 e. The molecule has 2 unspecified atom stereocenters. The summed E-state index contributed by atoms with van der Waals surface area (Å²) < 4.78 is 5.84. The second-order valence-electron chi connectivity index (χ2n) is 5.04. The van der Waals surface area contributed by atoms with Crippen LogP contribution in [0.3, 0.4) is 0 Å². The van der Waals surface area contributed by atoms with Crippen molar-refractivity contribution in [2.45, 2.75) is 32.3 Å². The zero-order valence-electron chi connectivity index (χ0n) is 12.0. The van der Waals surface area contributed by atoms with Crippen molar-refractivity contribution in [2.75, 3.05) is 0 Å². The summed E-state index contributed by atoms with van der Waals surface area (Å²) in [7, 11) is 2.84. The fraction of sp³-hybridized carbons (Fsp3) is 0.294. The Labute approximate surface area is 123 Å². The van der Waals surface area contributed by atoms with Gasteiger partial charge in [0, 0.05) is 17.9 Å². The van der Waals surface area contributed by atoms with Gasteiger partial charge in [-0.05, 0) is 25.5 Å². The molecule has 3 heteroatoms. The molecule has 0 amide bonds. The second-order valence-corrected chi connectivity index (χ2v) is 5.71. The maximum absolute atomic E-state index is 5.84. The molecule has 2 aromatic rings. The van der Waals surface area contributed by atoms with E-state index in [1.54, 1.807) is 0 Å². The third-order valence-electron chi connectivity index (χ3n) is 3.01. The summed E-state index contributed by atoms with van der Waals surface area (Å²) in [5.41, 5.74) is 2.45. The fourth-order valence-electron chi connectivity index (χ4n) is 2.02. The minimum atomic E-state index is 0.192. The van der Waals surface area contributed by atoms with Crippen molar-refractivity contribution >= 4 is 9.24 Å². The lowest BCUT2D eigenvalue weighted by molar-refractivity contribution is 0.239. The molecule has 0 radical (unpaired) electrons. The van der Waals surface area contributed by atoms with Gasteiger partial charge in [-0.15, -0.1) is 9.24 Å². The van der Waals surface area contributed by atoms with Gasteiger partial charge < -0.3 is 10.1 Å². The van der Waals surface area contributed by atoms with Gasteiger partial charge in [0.15, 0.2) is 0 Å². The first-order chi connectivity index (χ1) is 9.66. The standard InChI is InChI=1S/C17H22NOP/c1-13(2)19-16-11-7-6-10-15(16)12-18-17(20)14-8-4-3-5-9-14/h3-11,13,17-18H,12,20H2,1-2H3. The van der Waals surface area contributed by atoms with Crippen LogP contribution in [0.5, 0.6) is 5.75 Å². The van der Waals surface area contributed by atoms with E-state index in [9.17, 15) is 0 Å². The van der Waals surface area contributed by atoms with E-state index in [0.717, 1.165) is 12.3 Å². The number of hydrogen-bond donors (Lipinski definition) is 1. The molecule has 0 saturated heterocycles. The van der Waals surface area contributed by atoms with Gasteiger partial charge >= 0.3 is 0 Å². The molecule has 2 rings (SSSR count). The molecule has 0 aliphatic heterocycles. The third-order valence-corrected chi connectivity index (χ3v) is 3.63. The average Bonchev–Trinajstić information content (AvgIpc) is 2.46. The van der Waals surface area contributed by atoms with E-state index in [2.05, 4.69) is 44.9 Å². The van der Waals surface area contributed by atoms with Gasteiger partial charge in [-0.2, -0.15) is 0 Å². The Morgan fingerprint density at radius 3 is 2.35 bits per heavy atom. The zero-order chi connectivity index (χ0) is 14.4. The topological polar surface area (TPSA) is 21.3 Å². The number of benzene rings is 2. The lowest BCUT2D eigenvalue weighted by Crippen LogP contribution is -2.17. The van der Waals surface area contributed by atoms with Crippen LogP contribution in [0.1, 0.15) is 30.8 Å². The highest BCUT2D eigenvalue weighted by molar-refractivity contribution is 7.17. The molecule has 0 aliphatic carbocycles. The highest BCUT2D eigenvalue weighted by atomic mass is 31.0. The van der Waals surface area contributed by atoms with Crippen LogP contribution in [-0.2, 0) is 6.54 Å². The molecule has 0 spiro atoms. The van der Waals surface area contributed by atoms with Crippen LogP contribution in [0.15, 0.2) is 54.6 Å². The summed E-state index contributed by atoms with van der Waals surface area (Å²) in [6.45, 7) is 4.88. The molecule has 2 atom stereocenters. The molecular weight excluding hydrogens is 265 g/mol. The van der Waals surface area contributed by atoms with Crippen LogP contribution in [0.4, 0.5) is 0 Å². The second kappa shape index (κ2) is 7.42. The van der Waals surface area contributed by atoms with E-state index in [4.69, 9.17) is 4.74 Å². The first-order valence-electron chi connectivity index (χ1n) is 6.95. The molecule has 2 nitrogen and oxygen atoms in total. The van der Waals surface area contributed by atoms with Gasteiger partial charge in [0.05, 0.1) is 6.10 Å². The van der Waals surface area contributed by atoms with Crippen molar-refractivity contribution in [2.24, 2.45) is 0 Å². The fourth-order valence-corrected chi connectivity index (χ4v) is 2.36. The quantitative estimate of drug-likeness (QED) is 0.806. The van der Waals surface area contributed by atoms with Crippen molar-refractivity contribution in [3.05, 3.63) is 65.7 Å². The van der Waals surface area contributed by atoms with Crippen LogP contribution in [-0.4, -0.2) is 6.10 Å². The molecule has 0 aromatic heterocycles. The van der Waals surface area contributed by atoms with E-state index in [-0.39, 0.29) is 11.9 Å². The van der Waals surface area contributed by atoms with E-state index >= 15 is 0 Å². The minimum absolute atomic E-state index is 0.192. The normalized spacial score (nSPS) is 12.4. The Kier molecular flexibility index (Phi) is 5.58. The third kappa shape index (κ3) is 4.33. The van der Waals surface area contributed by atoms with Gasteiger partial charge in [-0.3, -0.25) is 0 Å². The highest BCUT2D eigenvalue weighted by Crippen LogP contribution is 2.23. The summed E-state index contributed by atoms with van der Waals surface area (Å²) in [5, 5.41) is 3.51. The number of hydrogen-bond acceptors (Lipinski definition) is 2. The Hall–Kier alpha value is -1.37. The molecule has 0 heterocycles. The Balaban J connectivity index is 2.00. The first kappa shape index (κ1) is 15.0. The summed E-state index contributed by atoms with van der Waals surface area (Å²) >= 11 is 0. The molecule has 20 heavy (non-hydrogen) atoms. The SMILES string of the molecule is CC(C)Oc1ccccc1CNC(P)c1ccccc1. The number of ether oxygens (including phenoxy) is 1. The van der Waals surface area contributed by atoms with Crippen LogP contribution < -0.4 is 10.1 Å². The Bertz CT molecular complexity index is 528. The number of rotatable bonds is 6. The zero-order valence-corrected chi connectivity index (χ0v) is 13.2. The summed E-state index contributed by atoms with van der Waals surface area (Å²) in [5.74, 6) is 1.20. The van der Waals surface area contributed by atoms with E-state index in [1.165, 1.54) is 11.1 Å². The van der Waals surface area contributed by atoms with Crippen molar-refractivity contribution in [1.82, 2.24) is 5.32 Å². The molecule has 0 fully saturated rings. The van der Waals surface area contributed by atoms with Gasteiger partial charge in [-0.25, -0.2) is 0 Å². The highest BCUT2D eigenvalue weighted by Gasteiger charge is 2.08. The van der Waals surface area contributed by atoms with Crippen LogP contribution >= 0.6 is 9.24 Å². The molecular formula is C17H22NOP. The van der Waals surface area contributed by atoms with Crippen molar-refractivity contribution in [3.8, 4) is 5.75 Å². The lowest BCUT2D eigenvalue weighted by Gasteiger charge is -2.17. The summed E-state index contributed by atoms with van der Waals surface area (Å²) in [4.78, 5) is 0. The number of para-hydroxylation sites is 1. The lowest BCUT2D eigenvalue weighted by atomic mass is 10.2. The average molecular weight is 287 g/mol. The van der Waals surface area contributed by atoms with Gasteiger partial charge in [-0.1, -0.05) is 48.5 Å². The van der Waals surface area contributed by atoms with E-state index < -0.39 is 0 Å². The van der Waals surface area contributed by atoms with Gasteiger partial charge in [0.25, 0.3) is 0 Å². The van der Waals surface area contributed by atoms with Crippen LogP contribution in [0.2, 0.25) is 0 Å². The number of nitrogens with one attached hydrogen (secondary N) is 1. The van der Waals surface area contributed by atoms with Crippen molar-refractivity contribution in [1.29, 1.82) is 0 Å². The first-order valence-corrected chi connectivity index (χ1v) is 7.62. The molecule has 2 aromatic carbocycles. The van der Waals surface area contributed by atoms with Crippen molar-refractivity contribution in [3.63, 3.8) is 0 Å². The maximum atomic E-state index is 5.84. The van der Waals surface area contributed by atoms with Gasteiger partial charge in [0.2, 0.25) is 0 Å². The minimum Gasteiger partial charge on any atom is -0.491 e. The van der Waals surface area contributed by atoms with Crippen molar-refractivity contribution < 1.29 is 4.74 Å². The Morgan fingerprint density at radius 2 is 1.65 bits per heavy atom. The largest absolute Gasteiger partial charge is 0.491 e. The molecule has 1 N–H and O–H groups in total. The van der Waals surface area contributed by atoms with E-state index in [1.807, 2.05) is 38.1 Å². The summed E-state index contributed by atoms with van der Waals surface area (Å²) in [6, 6.07) is 18.6. The van der Waals surface area contributed by atoms with E-state index in [0.29, 0.717) is 0 Å².